The summed E-state index contributed by atoms with van der Waals surface area (Å²) in [6.45, 7) is 0.840. The molecule has 2 N–H and O–H groups in total. The number of hydrogen-bond acceptors (Lipinski definition) is 3. The van der Waals surface area contributed by atoms with E-state index < -0.39 is 0 Å². The predicted octanol–water partition coefficient (Wildman–Crippen LogP) is 1.85. The lowest BCUT2D eigenvalue weighted by atomic mass is 10.1. The summed E-state index contributed by atoms with van der Waals surface area (Å²) < 4.78 is 6.70. The molecule has 0 spiro atoms. The fourth-order valence-corrected chi connectivity index (χ4v) is 2.03. The third-order valence-electron chi connectivity index (χ3n) is 3.31. The lowest BCUT2D eigenvalue weighted by molar-refractivity contribution is -0.140. The Morgan fingerprint density at radius 1 is 1.65 bits per heavy atom. The van der Waals surface area contributed by atoms with E-state index in [0.717, 1.165) is 13.0 Å². The van der Waals surface area contributed by atoms with Gasteiger partial charge in [-0.05, 0) is 36.8 Å². The lowest BCUT2D eigenvalue weighted by Crippen LogP contribution is -2.11. The van der Waals surface area contributed by atoms with E-state index in [9.17, 15) is 4.79 Å². The number of methoxy groups -OCH3 is 1. The van der Waals surface area contributed by atoms with Gasteiger partial charge < -0.3 is 15.0 Å². The number of carbonyl (C=O) groups is 1. The van der Waals surface area contributed by atoms with Crippen LogP contribution in [0.2, 0.25) is 0 Å². The molecule has 1 aliphatic carbocycles. The molecule has 1 heterocycles. The maximum absolute atomic E-state index is 11.0. The van der Waals surface area contributed by atoms with Crippen molar-refractivity contribution in [3.8, 4) is 0 Å². The highest BCUT2D eigenvalue weighted by Gasteiger charge is 2.29. The second-order valence-electron chi connectivity index (χ2n) is 4.73. The number of carbonyl (C=O) groups excluding carboxylic acids is 1. The van der Waals surface area contributed by atoms with E-state index in [2.05, 4.69) is 21.6 Å². The smallest absolute Gasteiger partial charge is 0.305 e. The molecule has 0 aliphatic heterocycles. The number of hydrogen-bond donors (Lipinski definition) is 1. The quantitative estimate of drug-likeness (QED) is 0.767. The van der Waals surface area contributed by atoms with Gasteiger partial charge in [0.2, 0.25) is 0 Å². The Bertz CT molecular complexity index is 383. The van der Waals surface area contributed by atoms with Gasteiger partial charge in [0, 0.05) is 31.4 Å². The summed E-state index contributed by atoms with van der Waals surface area (Å²) >= 11 is 0. The van der Waals surface area contributed by atoms with E-state index in [-0.39, 0.29) is 12.0 Å². The van der Waals surface area contributed by atoms with Crippen molar-refractivity contribution in [2.45, 2.75) is 38.3 Å². The van der Waals surface area contributed by atoms with E-state index in [1.165, 1.54) is 25.5 Å². The van der Waals surface area contributed by atoms with Crippen molar-refractivity contribution in [1.29, 1.82) is 0 Å². The molecule has 94 valence electrons. The molecule has 0 bridgehead atoms. The number of esters is 1. The highest BCUT2D eigenvalue weighted by molar-refractivity contribution is 5.68. The maximum atomic E-state index is 11.0. The molecule has 1 unspecified atom stereocenters. The van der Waals surface area contributed by atoms with E-state index in [0.29, 0.717) is 12.3 Å². The van der Waals surface area contributed by atoms with Crippen molar-refractivity contribution in [3.63, 3.8) is 0 Å². The van der Waals surface area contributed by atoms with Crippen LogP contribution in [-0.2, 0) is 16.1 Å². The summed E-state index contributed by atoms with van der Waals surface area (Å²) in [5.41, 5.74) is 7.34. The molecule has 0 radical (unpaired) electrons. The van der Waals surface area contributed by atoms with Crippen LogP contribution in [0.1, 0.15) is 37.3 Å². The Kier molecular flexibility index (Phi) is 3.84. The molecule has 17 heavy (non-hydrogen) atoms. The fourth-order valence-electron chi connectivity index (χ4n) is 2.03. The van der Waals surface area contributed by atoms with Gasteiger partial charge in [0.05, 0.1) is 7.11 Å². The average molecular weight is 236 g/mol. The predicted molar refractivity (Wildman–Crippen MR) is 65.3 cm³/mol. The first-order valence-electron chi connectivity index (χ1n) is 6.19. The lowest BCUT2D eigenvalue weighted by Gasteiger charge is -2.07. The summed E-state index contributed by atoms with van der Waals surface area (Å²) in [6.07, 6.45) is 7.93. The third-order valence-corrected chi connectivity index (χ3v) is 3.31. The van der Waals surface area contributed by atoms with Crippen molar-refractivity contribution in [3.05, 3.63) is 24.0 Å². The summed E-state index contributed by atoms with van der Waals surface area (Å²) in [5, 5.41) is 0. The first kappa shape index (κ1) is 12.2. The van der Waals surface area contributed by atoms with Crippen molar-refractivity contribution < 1.29 is 9.53 Å². The number of rotatable bonds is 6. The van der Waals surface area contributed by atoms with Gasteiger partial charge in [-0.25, -0.2) is 0 Å². The standard InChI is InChI=1S/C13H20N2O2/c1-17-12(16)3-2-7-15-8-6-11(9-15)13(14)10-4-5-10/h6,8-10,13H,2-5,7,14H2,1H3. The Morgan fingerprint density at radius 3 is 3.06 bits per heavy atom. The molecule has 1 atom stereocenters. The van der Waals surface area contributed by atoms with Crippen LogP contribution in [0.25, 0.3) is 0 Å². The highest BCUT2D eigenvalue weighted by atomic mass is 16.5. The number of nitrogens with two attached hydrogens (primary N) is 1. The highest BCUT2D eigenvalue weighted by Crippen LogP contribution is 2.39. The first-order valence-corrected chi connectivity index (χ1v) is 6.19. The molecule has 1 saturated carbocycles. The molecule has 0 aromatic carbocycles. The van der Waals surface area contributed by atoms with Gasteiger partial charge in [-0.1, -0.05) is 0 Å². The number of nitrogens with zero attached hydrogens (tertiary/aromatic N) is 1. The Balaban J connectivity index is 1.79. The fraction of sp³-hybridized carbons (Fsp3) is 0.615. The zero-order valence-electron chi connectivity index (χ0n) is 10.3. The number of ether oxygens (including phenoxy) is 1. The van der Waals surface area contributed by atoms with Gasteiger partial charge in [0.15, 0.2) is 0 Å². The molecular weight excluding hydrogens is 216 g/mol. The Hall–Kier alpha value is -1.29. The first-order chi connectivity index (χ1) is 8.20. The Morgan fingerprint density at radius 2 is 2.41 bits per heavy atom. The molecule has 2 rings (SSSR count). The van der Waals surface area contributed by atoms with Gasteiger partial charge in [-0.15, -0.1) is 0 Å². The second-order valence-corrected chi connectivity index (χ2v) is 4.73. The average Bonchev–Trinajstić information content (AvgIpc) is 3.08. The van der Waals surface area contributed by atoms with Crippen LogP contribution in [0.3, 0.4) is 0 Å². The summed E-state index contributed by atoms with van der Waals surface area (Å²) in [6, 6.07) is 2.28. The van der Waals surface area contributed by atoms with Crippen LogP contribution in [-0.4, -0.2) is 17.6 Å². The van der Waals surface area contributed by atoms with Crippen molar-refractivity contribution in [1.82, 2.24) is 4.57 Å². The summed E-state index contributed by atoms with van der Waals surface area (Å²) in [5.74, 6) is 0.535. The normalized spacial score (nSPS) is 16.8. The number of aryl methyl sites for hydroxylation is 1. The van der Waals surface area contributed by atoms with Crippen LogP contribution in [0.5, 0.6) is 0 Å². The molecule has 0 saturated heterocycles. The molecular formula is C13H20N2O2. The molecule has 1 aliphatic rings. The molecule has 1 fully saturated rings. The van der Waals surface area contributed by atoms with E-state index in [1.54, 1.807) is 0 Å². The minimum atomic E-state index is -0.146. The monoisotopic (exact) mass is 236 g/mol. The molecule has 4 heteroatoms. The van der Waals surface area contributed by atoms with Gasteiger partial charge in [-0.3, -0.25) is 4.79 Å². The van der Waals surface area contributed by atoms with Crippen LogP contribution in [0, 0.1) is 5.92 Å². The topological polar surface area (TPSA) is 57.2 Å². The molecule has 4 nitrogen and oxygen atoms in total. The van der Waals surface area contributed by atoms with Gasteiger partial charge in [-0.2, -0.15) is 0 Å². The van der Waals surface area contributed by atoms with Gasteiger partial charge in [0.1, 0.15) is 0 Å². The number of aromatic nitrogens is 1. The Labute approximate surface area is 102 Å². The third kappa shape index (κ3) is 3.33. The summed E-state index contributed by atoms with van der Waals surface area (Å²) in [7, 11) is 1.42. The molecule has 1 aromatic heterocycles. The molecule has 1 aromatic rings. The van der Waals surface area contributed by atoms with Crippen LogP contribution >= 0.6 is 0 Å². The van der Waals surface area contributed by atoms with Gasteiger partial charge in [0.25, 0.3) is 0 Å². The van der Waals surface area contributed by atoms with Crippen LogP contribution in [0.4, 0.5) is 0 Å². The van der Waals surface area contributed by atoms with Crippen molar-refractivity contribution in [2.75, 3.05) is 7.11 Å². The molecule has 0 amide bonds. The van der Waals surface area contributed by atoms with E-state index in [4.69, 9.17) is 5.73 Å². The minimum absolute atomic E-state index is 0.146. The van der Waals surface area contributed by atoms with Gasteiger partial charge >= 0.3 is 5.97 Å². The SMILES string of the molecule is COC(=O)CCCn1ccc(C(N)C2CC2)c1. The maximum Gasteiger partial charge on any atom is 0.305 e. The minimum Gasteiger partial charge on any atom is -0.469 e. The second kappa shape index (κ2) is 5.36. The van der Waals surface area contributed by atoms with E-state index >= 15 is 0 Å². The van der Waals surface area contributed by atoms with Crippen LogP contribution < -0.4 is 5.73 Å². The van der Waals surface area contributed by atoms with Crippen molar-refractivity contribution in [2.24, 2.45) is 11.7 Å². The summed E-state index contributed by atoms with van der Waals surface area (Å²) in [4.78, 5) is 11.0. The van der Waals surface area contributed by atoms with Crippen molar-refractivity contribution >= 4 is 5.97 Å². The zero-order chi connectivity index (χ0) is 12.3. The van der Waals surface area contributed by atoms with Crippen LogP contribution in [0.15, 0.2) is 18.5 Å². The van der Waals surface area contributed by atoms with E-state index in [1.807, 2.05) is 6.20 Å². The largest absolute Gasteiger partial charge is 0.469 e. The zero-order valence-corrected chi connectivity index (χ0v) is 10.3.